The molecule has 0 radical (unpaired) electrons. The molecule has 2 N–H and O–H groups in total. The van der Waals surface area contributed by atoms with Crippen LogP contribution in [0.25, 0.3) is 0 Å². The number of hydrogen-bond donors (Lipinski definition) is 2. The van der Waals surface area contributed by atoms with Crippen LogP contribution in [0.5, 0.6) is 0 Å². The van der Waals surface area contributed by atoms with E-state index in [0.717, 1.165) is 25.8 Å². The Labute approximate surface area is 121 Å². The Morgan fingerprint density at radius 3 is 2.58 bits per heavy atom. The molecular weight excluding hydrogens is 260 g/mol. The summed E-state index contributed by atoms with van der Waals surface area (Å²) >= 11 is 0. The fourth-order valence-electron chi connectivity index (χ4n) is 2.46. The first-order chi connectivity index (χ1) is 8.79. The molecule has 0 saturated heterocycles. The minimum Gasteiger partial charge on any atom is -0.353 e. The molecule has 0 bridgehead atoms. The zero-order valence-electron chi connectivity index (χ0n) is 11.4. The van der Waals surface area contributed by atoms with E-state index in [2.05, 4.69) is 34.9 Å². The van der Waals surface area contributed by atoms with Gasteiger partial charge in [-0.2, -0.15) is 0 Å². The maximum absolute atomic E-state index is 11.6. The van der Waals surface area contributed by atoms with Crippen LogP contribution in [0.1, 0.15) is 37.2 Å². The largest absolute Gasteiger partial charge is 0.353 e. The van der Waals surface area contributed by atoms with E-state index in [0.29, 0.717) is 18.4 Å². The number of rotatable bonds is 6. The van der Waals surface area contributed by atoms with E-state index in [4.69, 9.17) is 0 Å². The van der Waals surface area contributed by atoms with Gasteiger partial charge < -0.3 is 10.6 Å². The number of hydrogen-bond acceptors (Lipinski definition) is 2. The van der Waals surface area contributed by atoms with Gasteiger partial charge in [-0.05, 0) is 44.3 Å². The molecule has 106 valence electrons. The molecule has 0 unspecified atom stereocenters. The minimum absolute atomic E-state index is 0. The standard InChI is InChI=1S/C15H22N2O.ClH/c1-16-9-5-8-15(18)17-14-10-13(11-14)12-6-3-2-4-7-12;/h2-4,6-7,13-14,16H,5,8-11H2,1H3,(H,17,18);1H. The Balaban J connectivity index is 0.00000180. The average molecular weight is 283 g/mol. The Morgan fingerprint density at radius 2 is 1.95 bits per heavy atom. The molecule has 1 fully saturated rings. The van der Waals surface area contributed by atoms with Crippen molar-refractivity contribution >= 4 is 18.3 Å². The molecule has 0 aromatic heterocycles. The molecule has 3 nitrogen and oxygen atoms in total. The summed E-state index contributed by atoms with van der Waals surface area (Å²) in [5.74, 6) is 0.829. The number of halogens is 1. The van der Waals surface area contributed by atoms with Gasteiger partial charge in [0.1, 0.15) is 0 Å². The normalized spacial score (nSPS) is 21.1. The quantitative estimate of drug-likeness (QED) is 0.787. The van der Waals surface area contributed by atoms with E-state index in [1.807, 2.05) is 13.1 Å². The first-order valence-corrected chi connectivity index (χ1v) is 6.78. The van der Waals surface area contributed by atoms with Crippen molar-refractivity contribution in [3.8, 4) is 0 Å². The molecule has 1 saturated carbocycles. The summed E-state index contributed by atoms with van der Waals surface area (Å²) in [7, 11) is 1.91. The van der Waals surface area contributed by atoms with Crippen molar-refractivity contribution in [2.45, 2.75) is 37.6 Å². The van der Waals surface area contributed by atoms with Crippen LogP contribution in [-0.4, -0.2) is 25.5 Å². The fraction of sp³-hybridized carbons (Fsp3) is 0.533. The molecule has 4 heteroatoms. The second-order valence-corrected chi connectivity index (χ2v) is 5.05. The zero-order valence-corrected chi connectivity index (χ0v) is 12.2. The van der Waals surface area contributed by atoms with Gasteiger partial charge in [0.05, 0.1) is 0 Å². The summed E-state index contributed by atoms with van der Waals surface area (Å²) in [5, 5.41) is 6.16. The molecule has 0 atom stereocenters. The molecule has 1 aliphatic carbocycles. The van der Waals surface area contributed by atoms with Crippen molar-refractivity contribution < 1.29 is 4.79 Å². The van der Waals surface area contributed by atoms with E-state index in [-0.39, 0.29) is 18.3 Å². The Kier molecular flexibility index (Phi) is 6.89. The second-order valence-electron chi connectivity index (χ2n) is 5.05. The summed E-state index contributed by atoms with van der Waals surface area (Å²) in [6, 6.07) is 10.9. The third-order valence-corrected chi connectivity index (χ3v) is 3.60. The van der Waals surface area contributed by atoms with E-state index in [1.165, 1.54) is 5.56 Å². The average Bonchev–Trinajstić information content (AvgIpc) is 2.35. The lowest BCUT2D eigenvalue weighted by Gasteiger charge is -2.36. The summed E-state index contributed by atoms with van der Waals surface area (Å²) < 4.78 is 0. The van der Waals surface area contributed by atoms with Crippen molar-refractivity contribution in [1.82, 2.24) is 10.6 Å². The van der Waals surface area contributed by atoms with Crippen molar-refractivity contribution in [3.63, 3.8) is 0 Å². The summed E-state index contributed by atoms with van der Waals surface area (Å²) in [4.78, 5) is 11.6. The van der Waals surface area contributed by atoms with Gasteiger partial charge in [-0.3, -0.25) is 4.79 Å². The lowest BCUT2D eigenvalue weighted by Crippen LogP contribution is -2.43. The van der Waals surface area contributed by atoms with Crippen LogP contribution >= 0.6 is 12.4 Å². The highest BCUT2D eigenvalue weighted by Gasteiger charge is 2.30. The SMILES string of the molecule is CNCCCC(=O)NC1CC(c2ccccc2)C1.Cl. The molecule has 2 rings (SSSR count). The summed E-state index contributed by atoms with van der Waals surface area (Å²) in [6.45, 7) is 0.907. The topological polar surface area (TPSA) is 41.1 Å². The molecule has 0 aliphatic heterocycles. The molecule has 1 amide bonds. The number of benzene rings is 1. The van der Waals surface area contributed by atoms with Gasteiger partial charge in [0.25, 0.3) is 0 Å². The third kappa shape index (κ3) is 4.84. The van der Waals surface area contributed by atoms with Crippen LogP contribution < -0.4 is 10.6 Å². The number of carbonyl (C=O) groups is 1. The lowest BCUT2D eigenvalue weighted by atomic mass is 9.76. The highest BCUT2D eigenvalue weighted by molar-refractivity contribution is 5.85. The number of carbonyl (C=O) groups excluding carboxylic acids is 1. The van der Waals surface area contributed by atoms with E-state index in [1.54, 1.807) is 0 Å². The maximum atomic E-state index is 11.6. The van der Waals surface area contributed by atoms with Crippen molar-refractivity contribution in [3.05, 3.63) is 35.9 Å². The summed E-state index contributed by atoms with van der Waals surface area (Å²) in [5.41, 5.74) is 1.40. The smallest absolute Gasteiger partial charge is 0.220 e. The van der Waals surface area contributed by atoms with E-state index >= 15 is 0 Å². The Hall–Kier alpha value is -1.06. The zero-order chi connectivity index (χ0) is 12.8. The van der Waals surface area contributed by atoms with Crippen LogP contribution in [0.2, 0.25) is 0 Å². The second kappa shape index (κ2) is 8.18. The first-order valence-electron chi connectivity index (χ1n) is 6.78. The molecule has 1 aliphatic rings. The van der Waals surface area contributed by atoms with E-state index < -0.39 is 0 Å². The predicted octanol–water partition coefficient (Wildman–Crippen LogP) is 2.47. The van der Waals surface area contributed by atoms with Crippen LogP contribution in [0.3, 0.4) is 0 Å². The van der Waals surface area contributed by atoms with Gasteiger partial charge in [-0.15, -0.1) is 12.4 Å². The van der Waals surface area contributed by atoms with Crippen molar-refractivity contribution in [2.75, 3.05) is 13.6 Å². The van der Waals surface area contributed by atoms with Crippen molar-refractivity contribution in [1.29, 1.82) is 0 Å². The summed E-state index contributed by atoms with van der Waals surface area (Å²) in [6.07, 6.45) is 3.72. The Bertz CT molecular complexity index is 377. The monoisotopic (exact) mass is 282 g/mol. The molecule has 0 heterocycles. The highest BCUT2D eigenvalue weighted by atomic mass is 35.5. The first kappa shape index (κ1) is 16.0. The van der Waals surface area contributed by atoms with Gasteiger partial charge in [-0.25, -0.2) is 0 Å². The van der Waals surface area contributed by atoms with Gasteiger partial charge >= 0.3 is 0 Å². The molecule has 1 aromatic carbocycles. The number of amides is 1. The number of nitrogens with one attached hydrogen (secondary N) is 2. The molecule has 1 aromatic rings. The third-order valence-electron chi connectivity index (χ3n) is 3.60. The molecule has 19 heavy (non-hydrogen) atoms. The van der Waals surface area contributed by atoms with Crippen molar-refractivity contribution in [2.24, 2.45) is 0 Å². The van der Waals surface area contributed by atoms with Gasteiger partial charge in [0.2, 0.25) is 5.91 Å². The van der Waals surface area contributed by atoms with Gasteiger partial charge in [0.15, 0.2) is 0 Å². The van der Waals surface area contributed by atoms with Crippen LogP contribution in [-0.2, 0) is 4.79 Å². The maximum Gasteiger partial charge on any atom is 0.220 e. The van der Waals surface area contributed by atoms with Crippen LogP contribution in [0, 0.1) is 0 Å². The van der Waals surface area contributed by atoms with E-state index in [9.17, 15) is 4.79 Å². The molecular formula is C15H23ClN2O. The fourth-order valence-corrected chi connectivity index (χ4v) is 2.46. The van der Waals surface area contributed by atoms with Gasteiger partial charge in [0, 0.05) is 12.5 Å². The predicted molar refractivity (Wildman–Crippen MR) is 80.8 cm³/mol. The highest BCUT2D eigenvalue weighted by Crippen LogP contribution is 2.36. The Morgan fingerprint density at radius 1 is 1.26 bits per heavy atom. The minimum atomic E-state index is 0. The lowest BCUT2D eigenvalue weighted by molar-refractivity contribution is -0.122. The van der Waals surface area contributed by atoms with Crippen LogP contribution in [0.15, 0.2) is 30.3 Å². The van der Waals surface area contributed by atoms with Crippen LogP contribution in [0.4, 0.5) is 0 Å². The van der Waals surface area contributed by atoms with Gasteiger partial charge in [-0.1, -0.05) is 30.3 Å². The molecule has 0 spiro atoms.